The van der Waals surface area contributed by atoms with Crippen LogP contribution in [0.25, 0.3) is 0 Å². The van der Waals surface area contributed by atoms with E-state index < -0.39 is 10.0 Å². The summed E-state index contributed by atoms with van der Waals surface area (Å²) in [5, 5.41) is 0. The zero-order valence-corrected chi connectivity index (χ0v) is 10.7. The number of nitrogens with one attached hydrogen (secondary N) is 1. The van der Waals surface area contributed by atoms with E-state index in [2.05, 4.69) is 4.72 Å². The molecule has 0 atom stereocenters. The maximum atomic E-state index is 11.4. The molecule has 0 bridgehead atoms. The fraction of sp³-hybridized carbons (Fsp3) is 1.00. The zero-order chi connectivity index (χ0) is 11.2. The zero-order valence-electron chi connectivity index (χ0n) is 9.14. The van der Waals surface area contributed by atoms with Crippen LogP contribution in [-0.4, -0.2) is 26.6 Å². The van der Waals surface area contributed by atoms with Crippen molar-refractivity contribution in [1.29, 1.82) is 0 Å². The average Bonchev–Trinajstić information content (AvgIpc) is 2.00. The van der Waals surface area contributed by atoms with Gasteiger partial charge in [-0.1, -0.05) is 20.8 Å². The number of halogens is 1. The van der Waals surface area contributed by atoms with Crippen molar-refractivity contribution in [3.05, 3.63) is 0 Å². The normalized spacial score (nSPS) is 13.1. The molecule has 0 amide bonds. The highest BCUT2D eigenvalue weighted by Gasteiger charge is 2.16. The van der Waals surface area contributed by atoms with E-state index in [1.807, 2.05) is 20.8 Å². The Balaban J connectivity index is 3.85. The predicted octanol–water partition coefficient (Wildman–Crippen LogP) is 1.97. The van der Waals surface area contributed by atoms with E-state index in [1.54, 1.807) is 0 Å². The molecule has 0 spiro atoms. The molecule has 0 aromatic rings. The number of rotatable bonds is 6. The van der Waals surface area contributed by atoms with Gasteiger partial charge < -0.3 is 0 Å². The van der Waals surface area contributed by atoms with Crippen LogP contribution in [-0.2, 0) is 10.0 Å². The van der Waals surface area contributed by atoms with Crippen LogP contribution in [0, 0.1) is 5.41 Å². The summed E-state index contributed by atoms with van der Waals surface area (Å²) >= 11 is 5.45. The van der Waals surface area contributed by atoms with Gasteiger partial charge in [0.1, 0.15) is 0 Å². The third kappa shape index (κ3) is 8.78. The topological polar surface area (TPSA) is 46.2 Å². The Bertz CT molecular complexity index is 244. The quantitative estimate of drug-likeness (QED) is 0.571. The van der Waals surface area contributed by atoms with Crippen molar-refractivity contribution in [3.8, 4) is 0 Å². The molecule has 0 aliphatic carbocycles. The van der Waals surface area contributed by atoms with Crippen molar-refractivity contribution < 1.29 is 8.42 Å². The number of hydrogen-bond acceptors (Lipinski definition) is 2. The molecule has 0 aromatic carbocycles. The molecule has 3 nitrogen and oxygen atoms in total. The molecule has 0 saturated carbocycles. The lowest BCUT2D eigenvalue weighted by Crippen LogP contribution is -2.29. The Morgan fingerprint density at radius 1 is 1.29 bits per heavy atom. The Hall–Kier alpha value is 0.200. The second-order valence-electron chi connectivity index (χ2n) is 4.57. The maximum Gasteiger partial charge on any atom is 0.211 e. The third-order valence-electron chi connectivity index (χ3n) is 1.75. The van der Waals surface area contributed by atoms with E-state index in [1.165, 1.54) is 0 Å². The van der Waals surface area contributed by atoms with Crippen LogP contribution in [0.3, 0.4) is 0 Å². The van der Waals surface area contributed by atoms with Gasteiger partial charge in [0.2, 0.25) is 10.0 Å². The van der Waals surface area contributed by atoms with E-state index in [0.29, 0.717) is 25.3 Å². The number of alkyl halides is 1. The Labute approximate surface area is 92.3 Å². The first-order chi connectivity index (χ1) is 6.27. The molecule has 1 N–H and O–H groups in total. The average molecular weight is 242 g/mol. The van der Waals surface area contributed by atoms with Crippen LogP contribution in [0.15, 0.2) is 0 Å². The maximum absolute atomic E-state index is 11.4. The number of hydrogen-bond donors (Lipinski definition) is 1. The molecule has 0 fully saturated rings. The highest BCUT2D eigenvalue weighted by Crippen LogP contribution is 2.18. The lowest BCUT2D eigenvalue weighted by atomic mass is 9.94. The molecule has 0 aliphatic heterocycles. The van der Waals surface area contributed by atoms with Gasteiger partial charge in [-0.15, -0.1) is 11.6 Å². The van der Waals surface area contributed by atoms with Gasteiger partial charge in [-0.3, -0.25) is 0 Å². The second kappa shape index (κ2) is 5.93. The molecular formula is C9H20ClNO2S. The van der Waals surface area contributed by atoms with E-state index in [0.717, 1.165) is 0 Å². The first-order valence-electron chi connectivity index (χ1n) is 4.80. The van der Waals surface area contributed by atoms with Crippen LogP contribution in [0.2, 0.25) is 0 Å². The summed E-state index contributed by atoms with van der Waals surface area (Å²) in [6, 6.07) is 0. The van der Waals surface area contributed by atoms with Gasteiger partial charge in [0.05, 0.1) is 5.75 Å². The van der Waals surface area contributed by atoms with Crippen LogP contribution in [0.4, 0.5) is 0 Å². The van der Waals surface area contributed by atoms with E-state index in [-0.39, 0.29) is 11.2 Å². The van der Waals surface area contributed by atoms with Crippen molar-refractivity contribution in [2.24, 2.45) is 5.41 Å². The summed E-state index contributed by atoms with van der Waals surface area (Å²) in [5.74, 6) is 0.681. The smallest absolute Gasteiger partial charge is 0.211 e. The lowest BCUT2D eigenvalue weighted by molar-refractivity contribution is 0.396. The molecule has 5 heteroatoms. The van der Waals surface area contributed by atoms with Crippen molar-refractivity contribution in [3.63, 3.8) is 0 Å². The lowest BCUT2D eigenvalue weighted by Gasteiger charge is -2.17. The van der Waals surface area contributed by atoms with Crippen molar-refractivity contribution in [2.75, 3.05) is 18.2 Å². The van der Waals surface area contributed by atoms with Crippen LogP contribution >= 0.6 is 11.6 Å². The fourth-order valence-corrected chi connectivity index (χ4v) is 2.42. The van der Waals surface area contributed by atoms with Gasteiger partial charge in [0.15, 0.2) is 0 Å². The van der Waals surface area contributed by atoms with Gasteiger partial charge in [-0.2, -0.15) is 0 Å². The molecule has 0 rings (SSSR count). The monoisotopic (exact) mass is 241 g/mol. The first kappa shape index (κ1) is 14.2. The van der Waals surface area contributed by atoms with Gasteiger partial charge in [-0.25, -0.2) is 13.1 Å². The summed E-state index contributed by atoms with van der Waals surface area (Å²) in [4.78, 5) is 0. The highest BCUT2D eigenvalue weighted by atomic mass is 35.5. The SMILES string of the molecule is CC(C)(C)CCS(=O)(=O)NCCCCl. The Morgan fingerprint density at radius 3 is 2.29 bits per heavy atom. The fourth-order valence-electron chi connectivity index (χ4n) is 0.807. The molecule has 0 unspecified atom stereocenters. The minimum Gasteiger partial charge on any atom is -0.215 e. The van der Waals surface area contributed by atoms with Crippen molar-refractivity contribution >= 4 is 21.6 Å². The molecule has 0 heterocycles. The van der Waals surface area contributed by atoms with E-state index >= 15 is 0 Å². The second-order valence-corrected chi connectivity index (χ2v) is 6.87. The van der Waals surface area contributed by atoms with Crippen LogP contribution < -0.4 is 4.72 Å². The Kier molecular flexibility index (Phi) is 6.02. The molecule has 0 radical (unpaired) electrons. The Morgan fingerprint density at radius 2 is 1.86 bits per heavy atom. The van der Waals surface area contributed by atoms with Gasteiger partial charge in [0, 0.05) is 12.4 Å². The van der Waals surface area contributed by atoms with E-state index in [9.17, 15) is 8.42 Å². The van der Waals surface area contributed by atoms with E-state index in [4.69, 9.17) is 11.6 Å². The minimum atomic E-state index is -3.10. The molecule has 0 aliphatic rings. The highest BCUT2D eigenvalue weighted by molar-refractivity contribution is 7.89. The largest absolute Gasteiger partial charge is 0.215 e. The third-order valence-corrected chi connectivity index (χ3v) is 3.41. The molecule has 14 heavy (non-hydrogen) atoms. The molecular weight excluding hydrogens is 222 g/mol. The van der Waals surface area contributed by atoms with Gasteiger partial charge in [0.25, 0.3) is 0 Å². The molecule has 86 valence electrons. The summed E-state index contributed by atoms with van der Waals surface area (Å²) in [7, 11) is -3.10. The first-order valence-corrected chi connectivity index (χ1v) is 6.99. The van der Waals surface area contributed by atoms with Crippen molar-refractivity contribution in [2.45, 2.75) is 33.6 Å². The predicted molar refractivity (Wildman–Crippen MR) is 61.2 cm³/mol. The minimum absolute atomic E-state index is 0.0568. The van der Waals surface area contributed by atoms with Crippen LogP contribution in [0.1, 0.15) is 33.6 Å². The summed E-state index contributed by atoms with van der Waals surface area (Å²) in [5.41, 5.74) is 0.0568. The van der Waals surface area contributed by atoms with Gasteiger partial charge >= 0.3 is 0 Å². The molecule has 0 aromatic heterocycles. The summed E-state index contributed by atoms with van der Waals surface area (Å²) in [6.07, 6.45) is 1.35. The molecule has 0 saturated heterocycles. The van der Waals surface area contributed by atoms with Crippen LogP contribution in [0.5, 0.6) is 0 Å². The standard InChI is InChI=1S/C9H20ClNO2S/c1-9(2,3)5-8-14(12,13)11-7-4-6-10/h11H,4-8H2,1-3H3. The number of sulfonamides is 1. The van der Waals surface area contributed by atoms with Crippen molar-refractivity contribution in [1.82, 2.24) is 4.72 Å². The summed E-state index contributed by atoms with van der Waals surface area (Å²) < 4.78 is 25.3. The van der Waals surface area contributed by atoms with Gasteiger partial charge in [-0.05, 0) is 18.3 Å². The summed E-state index contributed by atoms with van der Waals surface area (Å²) in [6.45, 7) is 6.53.